The lowest BCUT2D eigenvalue weighted by Gasteiger charge is -2.14. The molecule has 0 saturated heterocycles. The molecule has 0 aromatic carbocycles. The van der Waals surface area contributed by atoms with Crippen LogP contribution in [0.4, 0.5) is 0 Å². The third-order valence-electron chi connectivity index (χ3n) is 2.71. The molecular weight excluding hydrogens is 176 g/mol. The summed E-state index contributed by atoms with van der Waals surface area (Å²) in [4.78, 5) is 11.3. The molecule has 1 saturated carbocycles. The normalized spacial score (nSPS) is 15.9. The van der Waals surface area contributed by atoms with Crippen LogP contribution >= 0.6 is 0 Å². The van der Waals surface area contributed by atoms with E-state index in [1.54, 1.807) is 0 Å². The summed E-state index contributed by atoms with van der Waals surface area (Å²) in [5, 5.41) is 6.37. The Hall–Kier alpha value is -0.570. The summed E-state index contributed by atoms with van der Waals surface area (Å²) in [5.74, 6) is 0.200. The van der Waals surface area contributed by atoms with E-state index in [0.29, 0.717) is 18.5 Å². The van der Waals surface area contributed by atoms with Crippen LogP contribution in [0, 0.1) is 0 Å². The molecule has 0 aromatic heterocycles. The van der Waals surface area contributed by atoms with E-state index in [-0.39, 0.29) is 5.91 Å². The Bertz CT molecular complexity index is 174. The fraction of sp³-hybridized carbons (Fsp3) is 0.909. The molecule has 1 aliphatic rings. The minimum Gasteiger partial charge on any atom is -0.353 e. The molecule has 0 aromatic rings. The van der Waals surface area contributed by atoms with Gasteiger partial charge in [-0.2, -0.15) is 0 Å². The highest BCUT2D eigenvalue weighted by molar-refractivity contribution is 5.76. The Labute approximate surface area is 86.6 Å². The number of carbonyl (C=O) groups is 1. The van der Waals surface area contributed by atoms with Gasteiger partial charge in [0.25, 0.3) is 0 Å². The van der Waals surface area contributed by atoms with Gasteiger partial charge in [-0.1, -0.05) is 13.8 Å². The van der Waals surface area contributed by atoms with Crippen LogP contribution in [0.15, 0.2) is 0 Å². The van der Waals surface area contributed by atoms with Crippen LogP contribution in [-0.2, 0) is 4.79 Å². The minimum atomic E-state index is 0.200. The first kappa shape index (κ1) is 11.5. The minimum absolute atomic E-state index is 0.200. The molecule has 0 radical (unpaired) electrons. The first-order valence-corrected chi connectivity index (χ1v) is 5.79. The van der Waals surface area contributed by atoms with Crippen LogP contribution in [0.3, 0.4) is 0 Å². The highest BCUT2D eigenvalue weighted by Gasteiger charge is 2.22. The first-order chi connectivity index (χ1) is 6.76. The molecule has 1 amide bonds. The zero-order valence-corrected chi connectivity index (χ0v) is 9.31. The summed E-state index contributed by atoms with van der Waals surface area (Å²) in [6.45, 7) is 5.15. The highest BCUT2D eigenvalue weighted by Crippen LogP contribution is 2.18. The predicted molar refractivity (Wildman–Crippen MR) is 58.2 cm³/mol. The zero-order chi connectivity index (χ0) is 10.4. The van der Waals surface area contributed by atoms with Crippen molar-refractivity contribution in [3.8, 4) is 0 Å². The van der Waals surface area contributed by atoms with Gasteiger partial charge in [0.05, 0.1) is 0 Å². The second-order valence-corrected chi connectivity index (χ2v) is 4.06. The summed E-state index contributed by atoms with van der Waals surface area (Å²) in [6.07, 6.45) is 5.24. The molecular formula is C11H22N2O. The summed E-state index contributed by atoms with van der Waals surface area (Å²) in [6, 6.07) is 1.07. The van der Waals surface area contributed by atoms with Crippen molar-refractivity contribution in [3.63, 3.8) is 0 Å². The topological polar surface area (TPSA) is 41.1 Å². The quantitative estimate of drug-likeness (QED) is 0.650. The van der Waals surface area contributed by atoms with Crippen LogP contribution in [0.1, 0.15) is 46.0 Å². The first-order valence-electron chi connectivity index (χ1n) is 5.79. The van der Waals surface area contributed by atoms with Crippen molar-refractivity contribution in [2.45, 2.75) is 58.0 Å². The lowest BCUT2D eigenvalue weighted by atomic mass is 10.2. The fourth-order valence-electron chi connectivity index (χ4n) is 1.49. The van der Waals surface area contributed by atoms with E-state index in [1.807, 2.05) is 0 Å². The van der Waals surface area contributed by atoms with E-state index in [2.05, 4.69) is 24.5 Å². The number of nitrogens with one attached hydrogen (secondary N) is 2. The van der Waals surface area contributed by atoms with E-state index < -0.39 is 0 Å². The smallest absolute Gasteiger partial charge is 0.221 e. The predicted octanol–water partition coefficient (Wildman–Crippen LogP) is 1.43. The molecule has 0 unspecified atom stereocenters. The molecule has 1 rings (SSSR count). The molecule has 2 N–H and O–H groups in total. The maximum atomic E-state index is 11.3. The second kappa shape index (κ2) is 6.02. The molecule has 0 spiro atoms. The van der Waals surface area contributed by atoms with E-state index in [9.17, 15) is 4.79 Å². The molecule has 1 aliphatic carbocycles. The third-order valence-corrected chi connectivity index (χ3v) is 2.71. The maximum absolute atomic E-state index is 11.3. The van der Waals surface area contributed by atoms with Crippen LogP contribution < -0.4 is 10.6 Å². The van der Waals surface area contributed by atoms with Gasteiger partial charge in [0, 0.05) is 25.0 Å². The number of rotatable bonds is 7. The van der Waals surface area contributed by atoms with Crippen molar-refractivity contribution in [2.24, 2.45) is 0 Å². The summed E-state index contributed by atoms with van der Waals surface area (Å²) in [7, 11) is 0. The largest absolute Gasteiger partial charge is 0.353 e. The van der Waals surface area contributed by atoms with Crippen molar-refractivity contribution >= 4 is 5.91 Å². The Morgan fingerprint density at radius 3 is 2.50 bits per heavy atom. The molecule has 0 heterocycles. The Morgan fingerprint density at radius 1 is 1.36 bits per heavy atom. The molecule has 82 valence electrons. The molecule has 3 heteroatoms. The van der Waals surface area contributed by atoms with Crippen molar-refractivity contribution < 1.29 is 4.79 Å². The van der Waals surface area contributed by atoms with E-state index in [4.69, 9.17) is 0 Å². The van der Waals surface area contributed by atoms with Gasteiger partial charge in [-0.3, -0.25) is 4.79 Å². The Balaban J connectivity index is 1.98. The van der Waals surface area contributed by atoms with Crippen LogP contribution in [0.2, 0.25) is 0 Å². The number of amides is 1. The summed E-state index contributed by atoms with van der Waals surface area (Å²) >= 11 is 0. The lowest BCUT2D eigenvalue weighted by molar-refractivity contribution is -0.121. The Kier molecular flexibility index (Phi) is 4.94. The van der Waals surface area contributed by atoms with Crippen LogP contribution in [-0.4, -0.2) is 24.5 Å². The van der Waals surface area contributed by atoms with Crippen molar-refractivity contribution in [2.75, 3.05) is 6.54 Å². The van der Waals surface area contributed by atoms with Gasteiger partial charge in [0.2, 0.25) is 5.91 Å². The molecule has 0 atom stereocenters. The number of carbonyl (C=O) groups excluding carboxylic acids is 1. The average Bonchev–Trinajstić information content (AvgIpc) is 2.96. The number of hydrogen-bond acceptors (Lipinski definition) is 2. The van der Waals surface area contributed by atoms with E-state index in [1.165, 1.54) is 12.8 Å². The monoisotopic (exact) mass is 198 g/mol. The summed E-state index contributed by atoms with van der Waals surface area (Å²) < 4.78 is 0. The van der Waals surface area contributed by atoms with Gasteiger partial charge >= 0.3 is 0 Å². The molecule has 3 nitrogen and oxygen atoms in total. The maximum Gasteiger partial charge on any atom is 0.221 e. The Morgan fingerprint density at radius 2 is 2.00 bits per heavy atom. The third kappa shape index (κ3) is 4.61. The SMILES string of the molecule is CCC(CC)NCCC(=O)NC1CC1. The van der Waals surface area contributed by atoms with Crippen molar-refractivity contribution in [3.05, 3.63) is 0 Å². The van der Waals surface area contributed by atoms with E-state index >= 15 is 0 Å². The van der Waals surface area contributed by atoms with Gasteiger partial charge < -0.3 is 10.6 Å². The van der Waals surface area contributed by atoms with Gasteiger partial charge in [-0.05, 0) is 25.7 Å². The zero-order valence-electron chi connectivity index (χ0n) is 9.31. The van der Waals surface area contributed by atoms with Crippen LogP contribution in [0.5, 0.6) is 0 Å². The van der Waals surface area contributed by atoms with Gasteiger partial charge in [0.15, 0.2) is 0 Å². The molecule has 0 aliphatic heterocycles. The lowest BCUT2D eigenvalue weighted by Crippen LogP contribution is -2.33. The van der Waals surface area contributed by atoms with Crippen molar-refractivity contribution in [1.82, 2.24) is 10.6 Å². The van der Waals surface area contributed by atoms with Crippen LogP contribution in [0.25, 0.3) is 0 Å². The van der Waals surface area contributed by atoms with Gasteiger partial charge in [-0.15, -0.1) is 0 Å². The standard InChI is InChI=1S/C11H22N2O/c1-3-9(4-2)12-8-7-11(14)13-10-5-6-10/h9-10,12H,3-8H2,1-2H3,(H,13,14). The molecule has 14 heavy (non-hydrogen) atoms. The molecule has 0 bridgehead atoms. The second-order valence-electron chi connectivity index (χ2n) is 4.06. The average molecular weight is 198 g/mol. The van der Waals surface area contributed by atoms with Gasteiger partial charge in [-0.25, -0.2) is 0 Å². The highest BCUT2D eigenvalue weighted by atomic mass is 16.1. The van der Waals surface area contributed by atoms with Gasteiger partial charge in [0.1, 0.15) is 0 Å². The number of hydrogen-bond donors (Lipinski definition) is 2. The molecule has 1 fully saturated rings. The van der Waals surface area contributed by atoms with E-state index in [0.717, 1.165) is 19.4 Å². The fourth-order valence-corrected chi connectivity index (χ4v) is 1.49. The van der Waals surface area contributed by atoms with Crippen molar-refractivity contribution in [1.29, 1.82) is 0 Å². The summed E-state index contributed by atoms with van der Waals surface area (Å²) in [5.41, 5.74) is 0.